The molecule has 2 aromatic carbocycles. The molecule has 4 aromatic rings. The Morgan fingerprint density at radius 3 is 2.62 bits per heavy atom. The Bertz CT molecular complexity index is 1240. The summed E-state index contributed by atoms with van der Waals surface area (Å²) in [7, 11) is 0. The SMILES string of the molecule is Nc1cccc(Cc2c(CF)c3ccc(Oc4ncccn4)cc3oc2=O)c1F. The van der Waals surface area contributed by atoms with Crippen LogP contribution in [0.4, 0.5) is 14.5 Å². The molecular formula is C21H15F2N3O3. The molecule has 0 atom stereocenters. The maximum Gasteiger partial charge on any atom is 0.340 e. The number of nitrogens with two attached hydrogens (primary N) is 1. The van der Waals surface area contributed by atoms with Crippen molar-refractivity contribution >= 4 is 16.7 Å². The topological polar surface area (TPSA) is 91.2 Å². The monoisotopic (exact) mass is 395 g/mol. The van der Waals surface area contributed by atoms with Gasteiger partial charge in [0.05, 0.1) is 5.69 Å². The Hall–Kier alpha value is -3.81. The van der Waals surface area contributed by atoms with Crippen LogP contribution < -0.4 is 16.1 Å². The normalized spacial score (nSPS) is 11.0. The van der Waals surface area contributed by atoms with Crippen molar-refractivity contribution in [2.24, 2.45) is 0 Å². The Labute approximate surface area is 163 Å². The highest BCUT2D eigenvalue weighted by atomic mass is 19.1. The lowest BCUT2D eigenvalue weighted by molar-refractivity contribution is 0.440. The van der Waals surface area contributed by atoms with Crippen LogP contribution in [0.2, 0.25) is 0 Å². The number of alkyl halides is 1. The molecule has 2 aromatic heterocycles. The van der Waals surface area contributed by atoms with Crippen molar-refractivity contribution in [2.45, 2.75) is 13.1 Å². The first-order chi connectivity index (χ1) is 14.1. The molecule has 2 N–H and O–H groups in total. The number of rotatable bonds is 5. The number of nitrogens with zero attached hydrogens (tertiary/aromatic N) is 2. The van der Waals surface area contributed by atoms with Gasteiger partial charge in [0, 0.05) is 41.4 Å². The Morgan fingerprint density at radius 1 is 1.07 bits per heavy atom. The summed E-state index contributed by atoms with van der Waals surface area (Å²) >= 11 is 0. The number of benzene rings is 2. The lowest BCUT2D eigenvalue weighted by Gasteiger charge is -2.11. The van der Waals surface area contributed by atoms with E-state index in [0.29, 0.717) is 11.1 Å². The van der Waals surface area contributed by atoms with E-state index in [4.69, 9.17) is 14.9 Å². The summed E-state index contributed by atoms with van der Waals surface area (Å²) in [6.45, 7) is -0.913. The third kappa shape index (κ3) is 3.64. The maximum absolute atomic E-state index is 14.2. The summed E-state index contributed by atoms with van der Waals surface area (Å²) in [5.41, 5.74) is 5.31. The number of halogens is 2. The van der Waals surface area contributed by atoms with E-state index in [1.54, 1.807) is 24.3 Å². The minimum Gasteiger partial charge on any atom is -0.424 e. The molecule has 146 valence electrons. The molecule has 0 unspecified atom stereocenters. The van der Waals surface area contributed by atoms with Crippen molar-refractivity contribution in [3.05, 3.63) is 87.8 Å². The molecule has 0 radical (unpaired) electrons. The van der Waals surface area contributed by atoms with Crippen LogP contribution in [0.3, 0.4) is 0 Å². The number of hydrogen-bond acceptors (Lipinski definition) is 6. The number of hydrogen-bond donors (Lipinski definition) is 1. The van der Waals surface area contributed by atoms with Gasteiger partial charge in [0.2, 0.25) is 0 Å². The first kappa shape index (κ1) is 18.5. The van der Waals surface area contributed by atoms with Gasteiger partial charge in [-0.05, 0) is 29.8 Å². The van der Waals surface area contributed by atoms with E-state index in [1.807, 2.05) is 0 Å². The highest BCUT2D eigenvalue weighted by Crippen LogP contribution is 2.28. The van der Waals surface area contributed by atoms with Crippen LogP contribution in [0, 0.1) is 5.82 Å². The van der Waals surface area contributed by atoms with Crippen LogP contribution in [0.1, 0.15) is 16.7 Å². The van der Waals surface area contributed by atoms with Gasteiger partial charge in [0.25, 0.3) is 0 Å². The summed E-state index contributed by atoms with van der Waals surface area (Å²) in [5, 5.41) is 0.396. The average Bonchev–Trinajstić information content (AvgIpc) is 2.72. The molecule has 8 heteroatoms. The third-order valence-electron chi connectivity index (χ3n) is 4.45. The highest BCUT2D eigenvalue weighted by Gasteiger charge is 2.18. The zero-order valence-corrected chi connectivity index (χ0v) is 15.1. The largest absolute Gasteiger partial charge is 0.424 e. The van der Waals surface area contributed by atoms with E-state index in [0.717, 1.165) is 0 Å². The molecule has 6 nitrogen and oxygen atoms in total. The molecule has 0 fully saturated rings. The minimum absolute atomic E-state index is 0.0422. The van der Waals surface area contributed by atoms with Gasteiger partial charge < -0.3 is 14.9 Å². The van der Waals surface area contributed by atoms with Crippen molar-refractivity contribution in [1.82, 2.24) is 9.97 Å². The number of anilines is 1. The fourth-order valence-corrected chi connectivity index (χ4v) is 3.05. The minimum atomic E-state index is -0.913. The smallest absolute Gasteiger partial charge is 0.340 e. The Balaban J connectivity index is 1.77. The van der Waals surface area contributed by atoms with Crippen LogP contribution in [0.5, 0.6) is 11.8 Å². The van der Waals surface area contributed by atoms with Gasteiger partial charge in [-0.3, -0.25) is 0 Å². The zero-order valence-electron chi connectivity index (χ0n) is 15.1. The third-order valence-corrected chi connectivity index (χ3v) is 4.45. The second-order valence-corrected chi connectivity index (χ2v) is 6.27. The Morgan fingerprint density at radius 2 is 1.86 bits per heavy atom. The van der Waals surface area contributed by atoms with Crippen molar-refractivity contribution in [3.63, 3.8) is 0 Å². The van der Waals surface area contributed by atoms with Crippen molar-refractivity contribution in [1.29, 1.82) is 0 Å². The molecule has 29 heavy (non-hydrogen) atoms. The average molecular weight is 395 g/mol. The van der Waals surface area contributed by atoms with E-state index in [9.17, 15) is 13.6 Å². The van der Waals surface area contributed by atoms with Crippen LogP contribution >= 0.6 is 0 Å². The zero-order chi connectivity index (χ0) is 20.4. The van der Waals surface area contributed by atoms with Gasteiger partial charge in [-0.2, -0.15) is 0 Å². The van der Waals surface area contributed by atoms with Gasteiger partial charge in [0.1, 0.15) is 23.8 Å². The predicted molar refractivity (Wildman–Crippen MR) is 103 cm³/mol. The second-order valence-electron chi connectivity index (χ2n) is 6.27. The fourth-order valence-electron chi connectivity index (χ4n) is 3.05. The molecule has 0 aliphatic carbocycles. The molecule has 0 saturated heterocycles. The number of nitrogen functional groups attached to an aromatic ring is 1. The predicted octanol–water partition coefficient (Wildman–Crippen LogP) is 4.16. The van der Waals surface area contributed by atoms with Crippen LogP contribution in [-0.2, 0) is 13.1 Å². The van der Waals surface area contributed by atoms with Gasteiger partial charge in [-0.1, -0.05) is 12.1 Å². The summed E-state index contributed by atoms with van der Waals surface area (Å²) in [4.78, 5) is 20.4. The van der Waals surface area contributed by atoms with Gasteiger partial charge in [-0.25, -0.2) is 23.5 Å². The highest BCUT2D eigenvalue weighted by molar-refractivity contribution is 5.82. The van der Waals surface area contributed by atoms with Gasteiger partial charge in [-0.15, -0.1) is 0 Å². The number of aromatic nitrogens is 2. The van der Waals surface area contributed by atoms with Crippen molar-refractivity contribution < 1.29 is 17.9 Å². The lowest BCUT2D eigenvalue weighted by Crippen LogP contribution is -2.13. The molecule has 0 aliphatic heterocycles. The quantitative estimate of drug-likeness (QED) is 0.403. The first-order valence-corrected chi connectivity index (χ1v) is 8.69. The van der Waals surface area contributed by atoms with E-state index < -0.39 is 18.1 Å². The standard InChI is InChI=1S/C21H15F2N3O3/c22-11-16-14-6-5-13(28-21-25-7-2-8-26-21)10-18(14)29-20(27)15(16)9-12-3-1-4-17(24)19(12)23/h1-8,10H,9,11,24H2. The van der Waals surface area contributed by atoms with E-state index in [-0.39, 0.29) is 40.4 Å². The van der Waals surface area contributed by atoms with E-state index in [1.165, 1.54) is 30.6 Å². The molecule has 0 aliphatic rings. The summed E-state index contributed by atoms with van der Waals surface area (Å²) in [6.07, 6.45) is 2.91. The first-order valence-electron chi connectivity index (χ1n) is 8.69. The molecule has 4 rings (SSSR count). The number of fused-ring (bicyclic) bond motifs is 1. The van der Waals surface area contributed by atoms with Gasteiger partial charge >= 0.3 is 11.6 Å². The Kier molecular flexibility index (Phi) is 4.90. The van der Waals surface area contributed by atoms with E-state index >= 15 is 0 Å². The summed E-state index contributed by atoms with van der Waals surface area (Å²) < 4.78 is 39.0. The van der Waals surface area contributed by atoms with Crippen LogP contribution in [0.15, 0.2) is 64.1 Å². The van der Waals surface area contributed by atoms with E-state index in [2.05, 4.69) is 9.97 Å². The summed E-state index contributed by atoms with van der Waals surface area (Å²) in [5.74, 6) is -0.310. The fraction of sp³-hybridized carbons (Fsp3) is 0.0952. The molecule has 0 amide bonds. The number of ether oxygens (including phenoxy) is 1. The molecule has 0 bridgehead atoms. The second kappa shape index (κ2) is 7.67. The molecule has 2 heterocycles. The molecule has 0 saturated carbocycles. The summed E-state index contributed by atoms with van der Waals surface area (Å²) in [6, 6.07) is 10.9. The van der Waals surface area contributed by atoms with Crippen LogP contribution in [0.25, 0.3) is 11.0 Å². The molecular weight excluding hydrogens is 380 g/mol. The molecule has 0 spiro atoms. The lowest BCUT2D eigenvalue weighted by atomic mass is 9.98. The van der Waals surface area contributed by atoms with Gasteiger partial charge in [0.15, 0.2) is 0 Å². The maximum atomic E-state index is 14.2. The van der Waals surface area contributed by atoms with Crippen LogP contribution in [-0.4, -0.2) is 9.97 Å². The van der Waals surface area contributed by atoms with Crippen molar-refractivity contribution in [3.8, 4) is 11.8 Å². The van der Waals surface area contributed by atoms with Crippen molar-refractivity contribution in [2.75, 3.05) is 5.73 Å².